The summed E-state index contributed by atoms with van der Waals surface area (Å²) in [5, 5.41) is 0. The molecule has 7 heteroatoms. The van der Waals surface area contributed by atoms with Crippen molar-refractivity contribution in [3.05, 3.63) is 53.5 Å². The van der Waals surface area contributed by atoms with E-state index in [0.717, 1.165) is 30.8 Å². The number of hydrogen-bond acceptors (Lipinski definition) is 4. The Bertz CT molecular complexity index is 945. The van der Waals surface area contributed by atoms with E-state index in [-0.39, 0.29) is 16.8 Å². The van der Waals surface area contributed by atoms with Gasteiger partial charge in [-0.15, -0.1) is 0 Å². The van der Waals surface area contributed by atoms with Gasteiger partial charge in [0.2, 0.25) is 10.0 Å². The van der Waals surface area contributed by atoms with Crippen LogP contribution < -0.4 is 4.72 Å². The van der Waals surface area contributed by atoms with Gasteiger partial charge in [-0.1, -0.05) is 6.92 Å². The van der Waals surface area contributed by atoms with Crippen LogP contribution in [0.15, 0.2) is 45.7 Å². The first-order valence-electron chi connectivity index (χ1n) is 9.30. The zero-order chi connectivity index (χ0) is 19.2. The van der Waals surface area contributed by atoms with E-state index >= 15 is 0 Å². The minimum absolute atomic E-state index is 0.0549. The van der Waals surface area contributed by atoms with Gasteiger partial charge in [0.25, 0.3) is 5.91 Å². The van der Waals surface area contributed by atoms with Crippen LogP contribution in [0.4, 0.5) is 0 Å². The molecule has 1 amide bonds. The fraction of sp³-hybridized carbons (Fsp3) is 0.450. The molecule has 2 atom stereocenters. The zero-order valence-electron chi connectivity index (χ0n) is 15.5. The van der Waals surface area contributed by atoms with E-state index < -0.39 is 10.0 Å². The minimum atomic E-state index is -3.50. The van der Waals surface area contributed by atoms with E-state index in [1.807, 2.05) is 12.1 Å². The molecule has 1 aromatic carbocycles. The van der Waals surface area contributed by atoms with Crippen LogP contribution >= 0.6 is 0 Å². The normalized spacial score (nSPS) is 21.9. The van der Waals surface area contributed by atoms with Crippen molar-refractivity contribution in [2.45, 2.75) is 49.6 Å². The molecular formula is C20H24N2O4S. The Morgan fingerprint density at radius 2 is 1.85 bits per heavy atom. The third-order valence-electron chi connectivity index (χ3n) is 5.21. The Morgan fingerprint density at radius 3 is 2.44 bits per heavy atom. The molecule has 0 bridgehead atoms. The van der Waals surface area contributed by atoms with Crippen LogP contribution in [-0.2, 0) is 16.6 Å². The Balaban J connectivity index is 1.40. The van der Waals surface area contributed by atoms with E-state index in [1.165, 1.54) is 12.1 Å². The first kappa shape index (κ1) is 18.3. The number of furan rings is 1. The molecule has 144 valence electrons. The molecule has 1 heterocycles. The van der Waals surface area contributed by atoms with Crippen molar-refractivity contribution in [3.63, 3.8) is 0 Å². The number of carbonyl (C=O) groups excluding carboxylic acids is 1. The Kier molecular flexibility index (Phi) is 4.60. The van der Waals surface area contributed by atoms with Gasteiger partial charge >= 0.3 is 0 Å². The highest BCUT2D eigenvalue weighted by atomic mass is 32.2. The number of sulfonamides is 1. The molecule has 0 radical (unpaired) electrons. The van der Waals surface area contributed by atoms with Crippen LogP contribution in [0.2, 0.25) is 0 Å². The molecule has 1 aromatic heterocycles. The summed E-state index contributed by atoms with van der Waals surface area (Å²) in [5.41, 5.74) is 0.450. The van der Waals surface area contributed by atoms with Gasteiger partial charge in [-0.25, -0.2) is 13.1 Å². The van der Waals surface area contributed by atoms with Gasteiger partial charge in [0.05, 0.1) is 11.4 Å². The summed E-state index contributed by atoms with van der Waals surface area (Å²) in [7, 11) is -1.79. The molecule has 27 heavy (non-hydrogen) atoms. The molecule has 0 saturated heterocycles. The number of nitrogens with zero attached hydrogens (tertiary/aromatic N) is 1. The van der Waals surface area contributed by atoms with Gasteiger partial charge in [0, 0.05) is 24.6 Å². The lowest BCUT2D eigenvalue weighted by molar-refractivity contribution is 0.0774. The molecule has 0 spiro atoms. The van der Waals surface area contributed by atoms with E-state index in [4.69, 9.17) is 4.42 Å². The molecule has 2 aliphatic carbocycles. The van der Waals surface area contributed by atoms with Crippen molar-refractivity contribution in [1.29, 1.82) is 0 Å². The number of benzene rings is 1. The summed E-state index contributed by atoms with van der Waals surface area (Å²) in [6, 6.07) is 10.0. The van der Waals surface area contributed by atoms with Crippen molar-refractivity contribution in [1.82, 2.24) is 9.62 Å². The predicted octanol–water partition coefficient (Wildman–Crippen LogP) is 3.12. The van der Waals surface area contributed by atoms with Gasteiger partial charge in [-0.05, 0) is 61.6 Å². The number of hydrogen-bond donors (Lipinski definition) is 1. The highest BCUT2D eigenvalue weighted by Gasteiger charge is 2.36. The predicted molar refractivity (Wildman–Crippen MR) is 101 cm³/mol. The molecule has 2 fully saturated rings. The summed E-state index contributed by atoms with van der Waals surface area (Å²) in [4.78, 5) is 14.4. The maximum atomic E-state index is 12.6. The monoisotopic (exact) mass is 388 g/mol. The van der Waals surface area contributed by atoms with Crippen LogP contribution in [0, 0.1) is 5.92 Å². The largest absolute Gasteiger partial charge is 0.464 e. The standard InChI is InChI=1S/C20H24N2O4S/c1-13-11-18(13)19-10-7-16(26-19)12-22(2)20(23)14-3-8-17(9-4-14)27(24,25)21-15-5-6-15/h3-4,7-10,13,15,18,21H,5-6,11-12H2,1-2H3. The van der Waals surface area contributed by atoms with Gasteiger partial charge in [-0.2, -0.15) is 0 Å². The average molecular weight is 388 g/mol. The van der Waals surface area contributed by atoms with Gasteiger partial charge in [0.1, 0.15) is 11.5 Å². The molecule has 2 aliphatic rings. The van der Waals surface area contributed by atoms with Crippen LogP contribution in [0.3, 0.4) is 0 Å². The third kappa shape index (κ3) is 4.09. The number of carbonyl (C=O) groups is 1. The average Bonchev–Trinajstić information content (AvgIpc) is 3.54. The smallest absolute Gasteiger partial charge is 0.254 e. The maximum absolute atomic E-state index is 12.6. The molecule has 0 aliphatic heterocycles. The molecule has 2 saturated carbocycles. The molecule has 2 aromatic rings. The summed E-state index contributed by atoms with van der Waals surface area (Å²) in [6.45, 7) is 2.58. The lowest BCUT2D eigenvalue weighted by Gasteiger charge is -2.16. The minimum Gasteiger partial charge on any atom is -0.464 e. The quantitative estimate of drug-likeness (QED) is 0.790. The molecule has 2 unspecified atom stereocenters. The fourth-order valence-electron chi connectivity index (χ4n) is 3.19. The second kappa shape index (κ2) is 6.80. The van der Waals surface area contributed by atoms with Gasteiger partial charge in [0.15, 0.2) is 0 Å². The Hall–Kier alpha value is -2.12. The number of nitrogens with one attached hydrogen (secondary N) is 1. The highest BCUT2D eigenvalue weighted by molar-refractivity contribution is 7.89. The van der Waals surface area contributed by atoms with Crippen LogP contribution in [0.1, 0.15) is 54.0 Å². The van der Waals surface area contributed by atoms with Crippen LogP contribution in [0.25, 0.3) is 0 Å². The van der Waals surface area contributed by atoms with E-state index in [2.05, 4.69) is 11.6 Å². The van der Waals surface area contributed by atoms with Crippen molar-refractivity contribution in [2.24, 2.45) is 5.92 Å². The molecular weight excluding hydrogens is 364 g/mol. The van der Waals surface area contributed by atoms with Crippen LogP contribution in [-0.4, -0.2) is 32.3 Å². The number of rotatable bonds is 7. The lowest BCUT2D eigenvalue weighted by Crippen LogP contribution is -2.27. The molecule has 4 rings (SSSR count). The first-order valence-corrected chi connectivity index (χ1v) is 10.8. The van der Waals surface area contributed by atoms with E-state index in [9.17, 15) is 13.2 Å². The Morgan fingerprint density at radius 1 is 1.19 bits per heavy atom. The van der Waals surface area contributed by atoms with E-state index in [1.54, 1.807) is 24.1 Å². The van der Waals surface area contributed by atoms with E-state index in [0.29, 0.717) is 23.9 Å². The maximum Gasteiger partial charge on any atom is 0.254 e. The zero-order valence-corrected chi connectivity index (χ0v) is 16.3. The first-order chi connectivity index (χ1) is 12.8. The Labute approximate surface area is 159 Å². The second-order valence-corrected chi connectivity index (χ2v) is 9.42. The molecule has 6 nitrogen and oxygen atoms in total. The fourth-order valence-corrected chi connectivity index (χ4v) is 4.49. The third-order valence-corrected chi connectivity index (χ3v) is 6.74. The lowest BCUT2D eigenvalue weighted by atomic mass is 10.2. The van der Waals surface area contributed by atoms with Gasteiger partial charge < -0.3 is 9.32 Å². The highest BCUT2D eigenvalue weighted by Crippen LogP contribution is 2.47. The van der Waals surface area contributed by atoms with Crippen molar-refractivity contribution in [3.8, 4) is 0 Å². The summed E-state index contributed by atoms with van der Waals surface area (Å²) >= 11 is 0. The summed E-state index contributed by atoms with van der Waals surface area (Å²) in [5.74, 6) is 2.77. The van der Waals surface area contributed by atoms with Crippen molar-refractivity contribution >= 4 is 15.9 Å². The van der Waals surface area contributed by atoms with Crippen molar-refractivity contribution in [2.75, 3.05) is 7.05 Å². The van der Waals surface area contributed by atoms with Gasteiger partial charge in [-0.3, -0.25) is 4.79 Å². The number of amides is 1. The molecule has 1 N–H and O–H groups in total. The summed E-state index contributed by atoms with van der Waals surface area (Å²) in [6.07, 6.45) is 2.93. The SMILES string of the molecule is CC1CC1c1ccc(CN(C)C(=O)c2ccc(S(=O)(=O)NC3CC3)cc2)o1. The topological polar surface area (TPSA) is 79.6 Å². The van der Waals surface area contributed by atoms with Crippen LogP contribution in [0.5, 0.6) is 0 Å². The second-order valence-electron chi connectivity index (χ2n) is 7.70. The summed E-state index contributed by atoms with van der Waals surface area (Å²) < 4.78 is 32.9. The van der Waals surface area contributed by atoms with Crippen molar-refractivity contribution < 1.29 is 17.6 Å².